The fraction of sp³-hybridized carbons (Fsp3) is 0.167. The third kappa shape index (κ3) is 2.99. The van der Waals surface area contributed by atoms with Gasteiger partial charge in [0.1, 0.15) is 23.5 Å². The first-order chi connectivity index (χ1) is 13.2. The van der Waals surface area contributed by atoms with Gasteiger partial charge in [0.05, 0.1) is 30.1 Å². The normalized spacial score (nSPS) is 10.9. The number of esters is 1. The van der Waals surface area contributed by atoms with Gasteiger partial charge in [-0.15, -0.1) is 0 Å². The molecule has 9 heteroatoms. The van der Waals surface area contributed by atoms with E-state index in [1.807, 2.05) is 30.3 Å². The Morgan fingerprint density at radius 2 is 1.96 bits per heavy atom. The minimum Gasteiger partial charge on any atom is -0.462 e. The molecular weight excluding hydrogens is 346 g/mol. The van der Waals surface area contributed by atoms with E-state index in [0.717, 1.165) is 11.1 Å². The summed E-state index contributed by atoms with van der Waals surface area (Å²) < 4.78 is 8.38. The lowest BCUT2D eigenvalue weighted by atomic mass is 10.3. The summed E-state index contributed by atoms with van der Waals surface area (Å²) in [5.41, 5.74) is 1.88. The van der Waals surface area contributed by atoms with Gasteiger partial charge in [-0.1, -0.05) is 18.2 Å². The number of fused-ring (bicyclic) bond motifs is 1. The second-order valence-corrected chi connectivity index (χ2v) is 5.73. The fourth-order valence-corrected chi connectivity index (χ4v) is 2.76. The molecule has 3 aromatic heterocycles. The molecule has 0 saturated heterocycles. The quantitative estimate of drug-likeness (QED) is 0.544. The smallest absolute Gasteiger partial charge is 0.343 e. The third-order valence-electron chi connectivity index (χ3n) is 4.04. The highest BCUT2D eigenvalue weighted by Crippen LogP contribution is 2.26. The number of carbonyl (C=O) groups is 1. The average Bonchev–Trinajstić information content (AvgIpc) is 3.28. The Morgan fingerprint density at radius 1 is 1.15 bits per heavy atom. The standard InChI is InChI=1S/C18H17N7O2/c1-3-27-18(26)14-10-21-24(2)17(14)23-15-13-9-22-25(16(13)20-11-19-15)12-7-5-4-6-8-12/h4-11H,3H2,1-2H3,(H,19,20,23). The van der Waals surface area contributed by atoms with Crippen LogP contribution in [0.15, 0.2) is 49.1 Å². The van der Waals surface area contributed by atoms with E-state index in [2.05, 4.69) is 25.5 Å². The Labute approximate surface area is 154 Å². The molecule has 4 aromatic rings. The van der Waals surface area contributed by atoms with Gasteiger partial charge in [0.15, 0.2) is 5.65 Å². The lowest BCUT2D eigenvalue weighted by Crippen LogP contribution is -2.09. The van der Waals surface area contributed by atoms with E-state index in [1.54, 1.807) is 29.5 Å². The molecule has 136 valence electrons. The summed E-state index contributed by atoms with van der Waals surface area (Å²) in [5.74, 6) is 0.565. The van der Waals surface area contributed by atoms with Crippen molar-refractivity contribution in [3.63, 3.8) is 0 Å². The van der Waals surface area contributed by atoms with Crippen LogP contribution in [0.4, 0.5) is 11.6 Å². The molecule has 0 unspecified atom stereocenters. The number of anilines is 2. The Kier molecular flexibility index (Phi) is 4.25. The number of nitrogens with zero attached hydrogens (tertiary/aromatic N) is 6. The lowest BCUT2D eigenvalue weighted by molar-refractivity contribution is 0.0527. The first kappa shape index (κ1) is 16.7. The predicted octanol–water partition coefficient (Wildman–Crippen LogP) is 2.47. The topological polar surface area (TPSA) is 99.8 Å². The summed E-state index contributed by atoms with van der Waals surface area (Å²) in [5, 5.41) is 12.4. The molecule has 0 fully saturated rings. The van der Waals surface area contributed by atoms with Crippen LogP contribution in [-0.4, -0.2) is 42.1 Å². The van der Waals surface area contributed by atoms with Gasteiger partial charge < -0.3 is 10.1 Å². The molecular formula is C18H17N7O2. The number of aromatic nitrogens is 6. The highest BCUT2D eigenvalue weighted by Gasteiger charge is 2.19. The Balaban J connectivity index is 1.76. The molecule has 0 aliphatic rings. The summed E-state index contributed by atoms with van der Waals surface area (Å²) in [4.78, 5) is 20.8. The first-order valence-corrected chi connectivity index (χ1v) is 8.39. The monoisotopic (exact) mass is 363 g/mol. The Bertz CT molecular complexity index is 1100. The van der Waals surface area contributed by atoms with E-state index in [1.165, 1.54) is 12.5 Å². The Hall–Kier alpha value is -3.75. The molecule has 4 rings (SSSR count). The number of hydrogen-bond acceptors (Lipinski definition) is 7. The number of benzene rings is 1. The van der Waals surface area contributed by atoms with Gasteiger partial charge in [-0.2, -0.15) is 10.2 Å². The van der Waals surface area contributed by atoms with Gasteiger partial charge in [0.25, 0.3) is 0 Å². The van der Waals surface area contributed by atoms with Gasteiger partial charge >= 0.3 is 5.97 Å². The van der Waals surface area contributed by atoms with Crippen LogP contribution in [0, 0.1) is 0 Å². The molecule has 0 spiro atoms. The second kappa shape index (κ2) is 6.87. The summed E-state index contributed by atoms with van der Waals surface area (Å²) in [6.45, 7) is 2.04. The second-order valence-electron chi connectivity index (χ2n) is 5.73. The highest BCUT2D eigenvalue weighted by molar-refractivity contribution is 5.97. The zero-order valence-corrected chi connectivity index (χ0v) is 14.8. The largest absolute Gasteiger partial charge is 0.462 e. The number of para-hydroxylation sites is 1. The van der Waals surface area contributed by atoms with Crippen molar-refractivity contribution in [1.29, 1.82) is 0 Å². The molecule has 9 nitrogen and oxygen atoms in total. The third-order valence-corrected chi connectivity index (χ3v) is 4.04. The number of hydrogen-bond donors (Lipinski definition) is 1. The first-order valence-electron chi connectivity index (χ1n) is 8.39. The van der Waals surface area contributed by atoms with Gasteiger partial charge in [0.2, 0.25) is 0 Å². The summed E-state index contributed by atoms with van der Waals surface area (Å²) in [7, 11) is 1.73. The SMILES string of the molecule is CCOC(=O)c1cnn(C)c1Nc1ncnc2c1cnn2-c1ccccc1. The maximum atomic E-state index is 12.2. The fourth-order valence-electron chi connectivity index (χ4n) is 2.76. The van der Waals surface area contributed by atoms with E-state index >= 15 is 0 Å². The minimum absolute atomic E-state index is 0.286. The van der Waals surface area contributed by atoms with Gasteiger partial charge in [-0.05, 0) is 19.1 Å². The van der Waals surface area contributed by atoms with E-state index in [4.69, 9.17) is 4.74 Å². The van der Waals surface area contributed by atoms with Crippen molar-refractivity contribution in [2.75, 3.05) is 11.9 Å². The zero-order valence-electron chi connectivity index (χ0n) is 14.8. The van der Waals surface area contributed by atoms with Crippen LogP contribution in [-0.2, 0) is 11.8 Å². The van der Waals surface area contributed by atoms with Crippen LogP contribution in [0.5, 0.6) is 0 Å². The molecule has 1 N–H and O–H groups in total. The average molecular weight is 363 g/mol. The summed E-state index contributed by atoms with van der Waals surface area (Å²) in [6.07, 6.45) is 4.60. The molecule has 0 bridgehead atoms. The van der Waals surface area contributed by atoms with E-state index < -0.39 is 5.97 Å². The Morgan fingerprint density at radius 3 is 2.74 bits per heavy atom. The summed E-state index contributed by atoms with van der Waals surface area (Å²) >= 11 is 0. The molecule has 0 amide bonds. The van der Waals surface area contributed by atoms with Crippen LogP contribution in [0.3, 0.4) is 0 Å². The number of aryl methyl sites for hydroxylation is 1. The van der Waals surface area contributed by atoms with Gasteiger partial charge in [-0.3, -0.25) is 4.68 Å². The van der Waals surface area contributed by atoms with Crippen molar-refractivity contribution in [2.24, 2.45) is 7.05 Å². The van der Waals surface area contributed by atoms with Crippen molar-refractivity contribution in [1.82, 2.24) is 29.5 Å². The van der Waals surface area contributed by atoms with E-state index in [0.29, 0.717) is 22.8 Å². The van der Waals surface area contributed by atoms with Crippen LogP contribution >= 0.6 is 0 Å². The molecule has 27 heavy (non-hydrogen) atoms. The number of ether oxygens (including phenoxy) is 1. The van der Waals surface area contributed by atoms with Crippen LogP contribution < -0.4 is 5.32 Å². The van der Waals surface area contributed by atoms with Crippen molar-refractivity contribution in [2.45, 2.75) is 6.92 Å². The van der Waals surface area contributed by atoms with Gasteiger partial charge in [-0.25, -0.2) is 19.4 Å². The van der Waals surface area contributed by atoms with Crippen molar-refractivity contribution in [3.8, 4) is 5.69 Å². The van der Waals surface area contributed by atoms with Gasteiger partial charge in [0, 0.05) is 7.05 Å². The van der Waals surface area contributed by atoms with E-state index in [-0.39, 0.29) is 6.61 Å². The van der Waals surface area contributed by atoms with Crippen LogP contribution in [0.25, 0.3) is 16.7 Å². The molecule has 1 aromatic carbocycles. The van der Waals surface area contributed by atoms with Crippen LogP contribution in [0.2, 0.25) is 0 Å². The summed E-state index contributed by atoms with van der Waals surface area (Å²) in [6, 6.07) is 9.70. The predicted molar refractivity (Wildman–Crippen MR) is 99.1 cm³/mol. The number of carbonyl (C=O) groups excluding carboxylic acids is 1. The molecule has 3 heterocycles. The number of rotatable bonds is 5. The minimum atomic E-state index is -0.446. The molecule has 0 aliphatic carbocycles. The van der Waals surface area contributed by atoms with Crippen LogP contribution in [0.1, 0.15) is 17.3 Å². The lowest BCUT2D eigenvalue weighted by Gasteiger charge is -2.09. The van der Waals surface area contributed by atoms with Crippen molar-refractivity contribution < 1.29 is 9.53 Å². The highest BCUT2D eigenvalue weighted by atomic mass is 16.5. The van der Waals surface area contributed by atoms with Crippen molar-refractivity contribution >= 4 is 28.6 Å². The van der Waals surface area contributed by atoms with E-state index in [9.17, 15) is 4.79 Å². The van der Waals surface area contributed by atoms with Crippen molar-refractivity contribution in [3.05, 3.63) is 54.6 Å². The number of nitrogens with one attached hydrogen (secondary N) is 1. The maximum Gasteiger partial charge on any atom is 0.343 e. The molecule has 0 saturated carbocycles. The zero-order chi connectivity index (χ0) is 18.8. The molecule has 0 aliphatic heterocycles. The maximum absolute atomic E-state index is 12.2. The molecule has 0 atom stereocenters. The molecule has 0 radical (unpaired) electrons.